The monoisotopic (exact) mass is 434 g/mol. The normalized spacial score (nSPS) is 10.8. The lowest BCUT2D eigenvalue weighted by atomic mass is 10.0. The molecule has 0 unspecified atom stereocenters. The van der Waals surface area contributed by atoms with Gasteiger partial charge in [0.25, 0.3) is 5.69 Å². The van der Waals surface area contributed by atoms with E-state index in [2.05, 4.69) is 6.07 Å². The molecule has 0 amide bonds. The maximum absolute atomic E-state index is 12.5. The average molecular weight is 435 g/mol. The SMILES string of the molecule is COc1cc(C=C(C#N)c2ccccc2)ccc1OC(=O)c1cc([N+](=O)[O-])ccc1Cl. The Bertz CT molecular complexity index is 1220. The molecule has 0 aliphatic carbocycles. The number of halogens is 1. The number of carbonyl (C=O) groups is 1. The van der Waals surface area contributed by atoms with Crippen LogP contribution in [0.2, 0.25) is 5.02 Å². The number of esters is 1. The van der Waals surface area contributed by atoms with Crippen LogP contribution in [0.1, 0.15) is 21.5 Å². The third-order valence-electron chi connectivity index (χ3n) is 4.29. The molecular weight excluding hydrogens is 420 g/mol. The van der Waals surface area contributed by atoms with E-state index < -0.39 is 10.9 Å². The van der Waals surface area contributed by atoms with Gasteiger partial charge in [0, 0.05) is 12.1 Å². The van der Waals surface area contributed by atoms with Crippen molar-refractivity contribution in [2.45, 2.75) is 0 Å². The minimum atomic E-state index is -0.864. The van der Waals surface area contributed by atoms with Crippen molar-refractivity contribution in [1.29, 1.82) is 5.26 Å². The second-order valence-electron chi connectivity index (χ2n) is 6.26. The summed E-state index contributed by atoms with van der Waals surface area (Å²) < 4.78 is 10.7. The van der Waals surface area contributed by atoms with Gasteiger partial charge in [0.2, 0.25) is 0 Å². The Labute approximate surface area is 182 Å². The molecule has 3 rings (SSSR count). The number of nitriles is 1. The van der Waals surface area contributed by atoms with Crippen molar-refractivity contribution in [2.75, 3.05) is 7.11 Å². The van der Waals surface area contributed by atoms with Crippen LogP contribution in [-0.2, 0) is 0 Å². The zero-order valence-electron chi connectivity index (χ0n) is 16.2. The maximum Gasteiger partial charge on any atom is 0.345 e. The third kappa shape index (κ3) is 5.07. The molecule has 0 spiro atoms. The van der Waals surface area contributed by atoms with Crippen LogP contribution in [-0.4, -0.2) is 18.0 Å². The Balaban J connectivity index is 1.90. The zero-order valence-corrected chi connectivity index (χ0v) is 17.0. The Morgan fingerprint density at radius 2 is 1.84 bits per heavy atom. The average Bonchev–Trinajstić information content (AvgIpc) is 2.78. The van der Waals surface area contributed by atoms with Gasteiger partial charge < -0.3 is 9.47 Å². The molecule has 0 aliphatic heterocycles. The molecule has 31 heavy (non-hydrogen) atoms. The molecular formula is C23H15ClN2O5. The van der Waals surface area contributed by atoms with E-state index in [-0.39, 0.29) is 27.8 Å². The van der Waals surface area contributed by atoms with Gasteiger partial charge in [-0.15, -0.1) is 0 Å². The predicted octanol–water partition coefficient (Wildman–Crippen LogP) is 5.54. The molecule has 0 heterocycles. The Hall–Kier alpha value is -4.15. The van der Waals surface area contributed by atoms with E-state index in [0.29, 0.717) is 11.1 Å². The van der Waals surface area contributed by atoms with Crippen LogP contribution in [0, 0.1) is 21.4 Å². The highest BCUT2D eigenvalue weighted by Crippen LogP contribution is 2.31. The Kier molecular flexibility index (Phi) is 6.65. The first-order chi connectivity index (χ1) is 14.9. The van der Waals surface area contributed by atoms with Crippen LogP contribution in [0.4, 0.5) is 5.69 Å². The lowest BCUT2D eigenvalue weighted by Crippen LogP contribution is -2.10. The first kappa shape index (κ1) is 21.6. The highest BCUT2D eigenvalue weighted by atomic mass is 35.5. The molecule has 0 N–H and O–H groups in total. The van der Waals surface area contributed by atoms with E-state index in [1.54, 1.807) is 18.2 Å². The van der Waals surface area contributed by atoms with Gasteiger partial charge in [-0.25, -0.2) is 4.79 Å². The summed E-state index contributed by atoms with van der Waals surface area (Å²) in [5, 5.41) is 20.5. The second kappa shape index (κ2) is 9.57. The number of nitro groups is 1. The van der Waals surface area contributed by atoms with Crippen molar-refractivity contribution in [3.05, 3.63) is 98.6 Å². The smallest absolute Gasteiger partial charge is 0.345 e. The first-order valence-electron chi connectivity index (χ1n) is 8.94. The van der Waals surface area contributed by atoms with Gasteiger partial charge >= 0.3 is 5.97 Å². The summed E-state index contributed by atoms with van der Waals surface area (Å²) in [6.45, 7) is 0. The highest BCUT2D eigenvalue weighted by Gasteiger charge is 2.19. The predicted molar refractivity (Wildman–Crippen MR) is 116 cm³/mol. The number of nitrogens with zero attached hydrogens (tertiary/aromatic N) is 2. The minimum Gasteiger partial charge on any atom is -0.493 e. The summed E-state index contributed by atoms with van der Waals surface area (Å²) in [4.78, 5) is 22.9. The van der Waals surface area contributed by atoms with Crippen LogP contribution < -0.4 is 9.47 Å². The fraction of sp³-hybridized carbons (Fsp3) is 0.0435. The molecule has 0 aliphatic rings. The minimum absolute atomic E-state index is 0.0237. The lowest BCUT2D eigenvalue weighted by molar-refractivity contribution is -0.384. The molecule has 0 atom stereocenters. The van der Waals surface area contributed by atoms with Crippen molar-refractivity contribution in [1.82, 2.24) is 0 Å². The lowest BCUT2D eigenvalue weighted by Gasteiger charge is -2.11. The standard InChI is InChI=1S/C23H15ClN2O5/c1-30-22-12-15(11-17(14-25)16-5-3-2-4-6-16)7-10-21(22)31-23(27)19-13-18(26(28)29)8-9-20(19)24/h2-13H,1H3. The molecule has 8 heteroatoms. The zero-order chi connectivity index (χ0) is 22.4. The molecule has 0 fully saturated rings. The Morgan fingerprint density at radius 1 is 1.10 bits per heavy atom. The van der Waals surface area contributed by atoms with Gasteiger partial charge in [0.1, 0.15) is 0 Å². The number of methoxy groups -OCH3 is 1. The highest BCUT2D eigenvalue weighted by molar-refractivity contribution is 6.33. The number of ether oxygens (including phenoxy) is 2. The van der Waals surface area contributed by atoms with Gasteiger partial charge in [-0.05, 0) is 35.4 Å². The number of hydrogen-bond acceptors (Lipinski definition) is 6. The number of nitro benzene ring substituents is 1. The second-order valence-corrected chi connectivity index (χ2v) is 6.66. The summed E-state index contributed by atoms with van der Waals surface area (Å²) >= 11 is 6.00. The van der Waals surface area contributed by atoms with Gasteiger partial charge in [0.15, 0.2) is 11.5 Å². The van der Waals surface area contributed by atoms with Crippen LogP contribution in [0.15, 0.2) is 66.7 Å². The largest absolute Gasteiger partial charge is 0.493 e. The molecule has 0 saturated carbocycles. The number of benzene rings is 3. The van der Waals surface area contributed by atoms with E-state index >= 15 is 0 Å². The fourth-order valence-electron chi connectivity index (χ4n) is 2.76. The summed E-state index contributed by atoms with van der Waals surface area (Å²) in [6.07, 6.45) is 1.68. The van der Waals surface area contributed by atoms with Crippen molar-refractivity contribution in [2.24, 2.45) is 0 Å². The number of hydrogen-bond donors (Lipinski definition) is 0. The molecule has 7 nitrogen and oxygen atoms in total. The molecule has 3 aromatic carbocycles. The molecule has 0 saturated heterocycles. The molecule has 0 bridgehead atoms. The third-order valence-corrected chi connectivity index (χ3v) is 4.62. The van der Waals surface area contributed by atoms with Gasteiger partial charge in [-0.1, -0.05) is 48.0 Å². The Morgan fingerprint density at radius 3 is 2.48 bits per heavy atom. The number of carbonyl (C=O) groups excluding carboxylic acids is 1. The number of allylic oxidation sites excluding steroid dienone is 1. The summed E-state index contributed by atoms with van der Waals surface area (Å²) in [5.74, 6) is -0.517. The van der Waals surface area contributed by atoms with Crippen molar-refractivity contribution in [3.8, 4) is 17.6 Å². The van der Waals surface area contributed by atoms with E-state index in [1.165, 1.54) is 25.3 Å². The summed E-state index contributed by atoms with van der Waals surface area (Å²) in [6, 6.07) is 19.6. The quantitative estimate of drug-likeness (QED) is 0.126. The van der Waals surface area contributed by atoms with Crippen molar-refractivity contribution in [3.63, 3.8) is 0 Å². The van der Waals surface area contributed by atoms with Crippen LogP contribution in [0.5, 0.6) is 11.5 Å². The molecule has 0 radical (unpaired) electrons. The fourth-order valence-corrected chi connectivity index (χ4v) is 2.96. The first-order valence-corrected chi connectivity index (χ1v) is 9.32. The van der Waals surface area contributed by atoms with Crippen LogP contribution in [0.3, 0.4) is 0 Å². The van der Waals surface area contributed by atoms with Crippen LogP contribution in [0.25, 0.3) is 11.6 Å². The summed E-state index contributed by atoms with van der Waals surface area (Å²) in [5.41, 5.74) is 1.45. The molecule has 154 valence electrons. The van der Waals surface area contributed by atoms with E-state index in [1.807, 2.05) is 30.3 Å². The van der Waals surface area contributed by atoms with Crippen LogP contribution >= 0.6 is 11.6 Å². The maximum atomic E-state index is 12.5. The van der Waals surface area contributed by atoms with Crippen molar-refractivity contribution < 1.29 is 19.2 Å². The molecule has 0 aromatic heterocycles. The topological polar surface area (TPSA) is 102 Å². The van der Waals surface area contributed by atoms with Gasteiger partial charge in [-0.3, -0.25) is 10.1 Å². The number of rotatable bonds is 6. The van der Waals surface area contributed by atoms with Gasteiger partial charge in [0.05, 0.1) is 34.3 Å². The summed E-state index contributed by atoms with van der Waals surface area (Å²) in [7, 11) is 1.41. The van der Waals surface area contributed by atoms with E-state index in [0.717, 1.165) is 11.6 Å². The van der Waals surface area contributed by atoms with E-state index in [4.69, 9.17) is 21.1 Å². The van der Waals surface area contributed by atoms with Crippen molar-refractivity contribution >= 4 is 34.9 Å². The number of non-ortho nitro benzene ring substituents is 1. The van der Waals surface area contributed by atoms with Gasteiger partial charge in [-0.2, -0.15) is 5.26 Å². The van der Waals surface area contributed by atoms with E-state index in [9.17, 15) is 20.2 Å². The molecule has 3 aromatic rings.